The van der Waals surface area contributed by atoms with Crippen molar-refractivity contribution in [2.24, 2.45) is 0 Å². The Balaban J connectivity index is 2.33. The first-order valence-corrected chi connectivity index (χ1v) is 4.57. The van der Waals surface area contributed by atoms with Crippen LogP contribution in [0.25, 0.3) is 0 Å². The third-order valence-corrected chi connectivity index (χ3v) is 2.05. The van der Waals surface area contributed by atoms with Crippen LogP contribution in [0.5, 0.6) is 0 Å². The van der Waals surface area contributed by atoms with E-state index in [1.165, 1.54) is 0 Å². The highest BCUT2D eigenvalue weighted by Crippen LogP contribution is 2.07. The summed E-state index contributed by atoms with van der Waals surface area (Å²) >= 11 is 3.19. The first kappa shape index (κ1) is 9.71. The average molecular weight is 231 g/mol. The van der Waals surface area contributed by atoms with Gasteiger partial charge in [-0.15, -0.1) is 0 Å². The molecule has 1 atom stereocenters. The largest absolute Gasteiger partial charge is 0.347 e. The second-order valence-electron chi connectivity index (χ2n) is 2.31. The molecular formula is C9H11BrO2. The maximum Gasteiger partial charge on any atom is 0.215 e. The molecule has 0 aliphatic heterocycles. The first-order valence-electron chi connectivity index (χ1n) is 3.65. The van der Waals surface area contributed by atoms with Crippen LogP contribution < -0.4 is 0 Å². The van der Waals surface area contributed by atoms with Gasteiger partial charge in [0.05, 0.1) is 6.61 Å². The number of ether oxygens (including phenoxy) is 2. The lowest BCUT2D eigenvalue weighted by Crippen LogP contribution is -2.05. The third kappa shape index (κ3) is 3.34. The van der Waals surface area contributed by atoms with E-state index in [0.717, 1.165) is 5.56 Å². The van der Waals surface area contributed by atoms with E-state index in [1.54, 1.807) is 7.11 Å². The third-order valence-electron chi connectivity index (χ3n) is 1.41. The van der Waals surface area contributed by atoms with E-state index < -0.39 is 0 Å². The van der Waals surface area contributed by atoms with Gasteiger partial charge in [0, 0.05) is 7.11 Å². The van der Waals surface area contributed by atoms with E-state index in [1.807, 2.05) is 30.3 Å². The van der Waals surface area contributed by atoms with Gasteiger partial charge in [-0.3, -0.25) is 0 Å². The van der Waals surface area contributed by atoms with Crippen LogP contribution in [0.1, 0.15) is 5.56 Å². The van der Waals surface area contributed by atoms with Gasteiger partial charge in [0.25, 0.3) is 0 Å². The van der Waals surface area contributed by atoms with E-state index >= 15 is 0 Å². The van der Waals surface area contributed by atoms with Gasteiger partial charge in [-0.25, -0.2) is 0 Å². The number of hydrogen-bond acceptors (Lipinski definition) is 2. The summed E-state index contributed by atoms with van der Waals surface area (Å²) in [6.45, 7) is 0.560. The number of halogens is 1. The van der Waals surface area contributed by atoms with Gasteiger partial charge >= 0.3 is 0 Å². The second-order valence-corrected chi connectivity index (χ2v) is 3.05. The van der Waals surface area contributed by atoms with Gasteiger partial charge in [0.1, 0.15) is 0 Å². The molecule has 12 heavy (non-hydrogen) atoms. The Bertz CT molecular complexity index is 213. The fraction of sp³-hybridized carbons (Fsp3) is 0.333. The zero-order valence-corrected chi connectivity index (χ0v) is 8.45. The zero-order valence-electron chi connectivity index (χ0n) is 6.87. The minimum absolute atomic E-state index is 0.322. The second kappa shape index (κ2) is 5.30. The van der Waals surface area contributed by atoms with Crippen molar-refractivity contribution in [1.82, 2.24) is 0 Å². The summed E-state index contributed by atoms with van der Waals surface area (Å²) < 4.78 is 10.1. The van der Waals surface area contributed by atoms with Crippen LogP contribution in [-0.4, -0.2) is 12.3 Å². The minimum Gasteiger partial charge on any atom is -0.347 e. The summed E-state index contributed by atoms with van der Waals surface area (Å²) in [5, 5.41) is -0.322. The molecule has 0 heterocycles. The van der Waals surface area contributed by atoms with Crippen LogP contribution in [0.15, 0.2) is 30.3 Å². The van der Waals surface area contributed by atoms with Crippen molar-refractivity contribution < 1.29 is 9.47 Å². The standard InChI is InChI=1S/C9H11BrO2/c1-11-9(10)12-7-8-5-3-2-4-6-8/h2-6,9H,7H2,1H3. The molecule has 0 N–H and O–H groups in total. The Kier molecular flexibility index (Phi) is 4.29. The summed E-state index contributed by atoms with van der Waals surface area (Å²) in [6, 6.07) is 9.96. The van der Waals surface area contributed by atoms with E-state index in [9.17, 15) is 0 Å². The van der Waals surface area contributed by atoms with E-state index in [0.29, 0.717) is 6.61 Å². The molecule has 66 valence electrons. The number of hydrogen-bond donors (Lipinski definition) is 0. The normalized spacial score (nSPS) is 12.8. The highest BCUT2D eigenvalue weighted by atomic mass is 79.9. The van der Waals surface area contributed by atoms with Crippen molar-refractivity contribution in [2.45, 2.75) is 11.8 Å². The number of alkyl halides is 1. The summed E-state index contributed by atoms with van der Waals surface area (Å²) in [5.74, 6) is 0. The smallest absolute Gasteiger partial charge is 0.215 e. The van der Waals surface area contributed by atoms with Crippen LogP contribution in [0.4, 0.5) is 0 Å². The number of rotatable bonds is 4. The molecule has 0 radical (unpaired) electrons. The Hall–Kier alpha value is -0.380. The van der Waals surface area contributed by atoms with Gasteiger partial charge in [0.15, 0.2) is 0 Å². The molecular weight excluding hydrogens is 220 g/mol. The molecule has 0 saturated heterocycles. The molecule has 1 aromatic carbocycles. The van der Waals surface area contributed by atoms with Gasteiger partial charge in [-0.2, -0.15) is 0 Å². The monoisotopic (exact) mass is 230 g/mol. The predicted molar refractivity (Wildman–Crippen MR) is 51.0 cm³/mol. The van der Waals surface area contributed by atoms with E-state index in [-0.39, 0.29) is 5.20 Å². The van der Waals surface area contributed by atoms with Crippen LogP contribution in [-0.2, 0) is 16.1 Å². The quantitative estimate of drug-likeness (QED) is 0.585. The fourth-order valence-corrected chi connectivity index (χ4v) is 0.936. The molecule has 0 fully saturated rings. The van der Waals surface area contributed by atoms with Crippen LogP contribution >= 0.6 is 15.9 Å². The Morgan fingerprint density at radius 1 is 1.33 bits per heavy atom. The maximum absolute atomic E-state index is 5.27. The van der Waals surface area contributed by atoms with Crippen LogP contribution in [0, 0.1) is 0 Å². The molecule has 0 amide bonds. The lowest BCUT2D eigenvalue weighted by molar-refractivity contribution is -0.0634. The van der Waals surface area contributed by atoms with Crippen molar-refractivity contribution in [3.05, 3.63) is 35.9 Å². The minimum atomic E-state index is -0.322. The summed E-state index contributed by atoms with van der Waals surface area (Å²) in [6.07, 6.45) is 0. The highest BCUT2D eigenvalue weighted by Gasteiger charge is 1.99. The molecule has 1 rings (SSSR count). The SMILES string of the molecule is COC(Br)OCc1ccccc1. The van der Waals surface area contributed by atoms with Gasteiger partial charge in [-0.05, 0) is 21.5 Å². The van der Waals surface area contributed by atoms with Crippen LogP contribution in [0.3, 0.4) is 0 Å². The number of benzene rings is 1. The Morgan fingerprint density at radius 3 is 2.58 bits per heavy atom. The van der Waals surface area contributed by atoms with Crippen molar-refractivity contribution in [3.63, 3.8) is 0 Å². The fourth-order valence-electron chi connectivity index (χ4n) is 0.804. The van der Waals surface area contributed by atoms with Gasteiger partial charge < -0.3 is 9.47 Å². The Morgan fingerprint density at radius 2 is 2.00 bits per heavy atom. The molecule has 2 nitrogen and oxygen atoms in total. The molecule has 0 aliphatic rings. The average Bonchev–Trinajstić information content (AvgIpc) is 2.16. The van der Waals surface area contributed by atoms with Gasteiger partial charge in [0.2, 0.25) is 5.20 Å². The molecule has 0 saturated carbocycles. The van der Waals surface area contributed by atoms with Crippen molar-refractivity contribution in [2.75, 3.05) is 7.11 Å². The predicted octanol–water partition coefficient (Wildman–Crippen LogP) is 2.53. The summed E-state index contributed by atoms with van der Waals surface area (Å²) in [5.41, 5.74) is 1.14. The van der Waals surface area contributed by atoms with Crippen molar-refractivity contribution >= 4 is 15.9 Å². The van der Waals surface area contributed by atoms with E-state index in [4.69, 9.17) is 9.47 Å². The van der Waals surface area contributed by atoms with E-state index in [2.05, 4.69) is 15.9 Å². The lowest BCUT2D eigenvalue weighted by atomic mass is 10.2. The molecule has 0 aliphatic carbocycles. The lowest BCUT2D eigenvalue weighted by Gasteiger charge is -2.08. The summed E-state index contributed by atoms with van der Waals surface area (Å²) in [4.78, 5) is 0. The van der Waals surface area contributed by atoms with Crippen molar-refractivity contribution in [3.8, 4) is 0 Å². The zero-order chi connectivity index (χ0) is 8.81. The van der Waals surface area contributed by atoms with Crippen molar-refractivity contribution in [1.29, 1.82) is 0 Å². The highest BCUT2D eigenvalue weighted by molar-refractivity contribution is 9.09. The molecule has 0 spiro atoms. The Labute approximate surface area is 80.6 Å². The molecule has 1 aromatic rings. The number of methoxy groups -OCH3 is 1. The van der Waals surface area contributed by atoms with Gasteiger partial charge in [-0.1, -0.05) is 30.3 Å². The maximum atomic E-state index is 5.27. The van der Waals surface area contributed by atoms with Crippen LogP contribution in [0.2, 0.25) is 0 Å². The molecule has 0 aromatic heterocycles. The topological polar surface area (TPSA) is 18.5 Å². The molecule has 3 heteroatoms. The molecule has 1 unspecified atom stereocenters. The first-order chi connectivity index (χ1) is 5.83. The molecule has 0 bridgehead atoms. The summed E-state index contributed by atoms with van der Waals surface area (Å²) in [7, 11) is 1.59.